The van der Waals surface area contributed by atoms with Crippen LogP contribution in [0.25, 0.3) is 0 Å². The number of unbranched alkanes of at least 4 members (excludes halogenated alkanes) is 1. The maximum Gasteiger partial charge on any atom is 0.170 e. The van der Waals surface area contributed by atoms with Crippen LogP contribution in [-0.4, -0.2) is 44.2 Å². The highest BCUT2D eigenvalue weighted by molar-refractivity contribution is 5.60. The molecule has 0 radical (unpaired) electrons. The van der Waals surface area contributed by atoms with Crippen molar-refractivity contribution in [3.05, 3.63) is 59.2 Å². The van der Waals surface area contributed by atoms with Crippen molar-refractivity contribution in [2.75, 3.05) is 44.2 Å². The summed E-state index contributed by atoms with van der Waals surface area (Å²) in [7, 11) is 0. The molecule has 2 aliphatic heterocycles. The second kappa shape index (κ2) is 8.14. The average Bonchev–Trinajstić information content (AvgIpc) is 2.74. The van der Waals surface area contributed by atoms with Crippen LogP contribution in [0.2, 0.25) is 0 Å². The quantitative estimate of drug-likeness (QED) is 0.556. The Bertz CT molecular complexity index is 814. The number of fused-ring (bicyclic) bond motifs is 2. The first-order valence-corrected chi connectivity index (χ1v) is 10.8. The normalized spacial score (nSPS) is 21.4. The molecule has 0 aromatic heterocycles. The molecule has 0 spiro atoms. The molecule has 0 bridgehead atoms. The molecule has 1 aliphatic carbocycles. The van der Waals surface area contributed by atoms with Gasteiger partial charge in [-0.15, -0.1) is 0 Å². The lowest BCUT2D eigenvalue weighted by Gasteiger charge is -2.37. The fourth-order valence-electron chi connectivity index (χ4n) is 4.99. The minimum absolute atomic E-state index is 0.648. The lowest BCUT2D eigenvalue weighted by Crippen LogP contribution is -2.47. The van der Waals surface area contributed by atoms with Crippen LogP contribution in [0.5, 0.6) is 5.75 Å². The number of hydrogen-bond acceptors (Lipinski definition) is 4. The van der Waals surface area contributed by atoms with Gasteiger partial charge in [0.25, 0.3) is 0 Å². The first-order chi connectivity index (χ1) is 13.9. The van der Waals surface area contributed by atoms with E-state index in [1.54, 1.807) is 11.1 Å². The smallest absolute Gasteiger partial charge is 0.170 e. The lowest BCUT2D eigenvalue weighted by molar-refractivity contribution is -0.215. The van der Waals surface area contributed by atoms with Crippen LogP contribution in [0.4, 0.5) is 5.69 Å². The van der Waals surface area contributed by atoms with E-state index in [2.05, 4.69) is 46.2 Å². The molecule has 2 aromatic carbocycles. The van der Waals surface area contributed by atoms with Gasteiger partial charge in [-0.25, -0.2) is 0 Å². The first kappa shape index (κ1) is 18.0. The van der Waals surface area contributed by atoms with E-state index in [-0.39, 0.29) is 0 Å². The van der Waals surface area contributed by atoms with E-state index >= 15 is 0 Å². The summed E-state index contributed by atoms with van der Waals surface area (Å²) in [6.45, 7) is 6.42. The second-order valence-corrected chi connectivity index (χ2v) is 8.33. The summed E-state index contributed by atoms with van der Waals surface area (Å²) in [5.41, 5.74) is 5.83. The molecule has 1 atom stereocenters. The van der Waals surface area contributed by atoms with Gasteiger partial charge >= 0.3 is 0 Å². The van der Waals surface area contributed by atoms with Crippen molar-refractivity contribution in [1.82, 2.24) is 4.90 Å². The molecule has 2 heterocycles. The molecule has 3 aliphatic rings. The topological polar surface area (TPSA) is 24.9 Å². The highest BCUT2D eigenvalue weighted by Crippen LogP contribution is 2.38. The predicted molar refractivity (Wildman–Crippen MR) is 112 cm³/mol. The molecule has 4 nitrogen and oxygen atoms in total. The van der Waals surface area contributed by atoms with Gasteiger partial charge in [0.2, 0.25) is 0 Å². The molecule has 0 unspecified atom stereocenters. The predicted octanol–water partition coefficient (Wildman–Crippen LogP) is 4.19. The van der Waals surface area contributed by atoms with Gasteiger partial charge in [0, 0.05) is 43.9 Å². The Morgan fingerprint density at radius 1 is 0.929 bits per heavy atom. The van der Waals surface area contributed by atoms with Gasteiger partial charge < -0.3 is 9.79 Å². The zero-order chi connectivity index (χ0) is 18.8. The highest BCUT2D eigenvalue weighted by atomic mass is 17.2. The Balaban J connectivity index is 1.06. The Hall–Kier alpha value is -2.04. The fraction of sp³-hybridized carbons (Fsp3) is 0.500. The molecule has 2 aromatic rings. The third kappa shape index (κ3) is 3.63. The molecule has 0 N–H and O–H groups in total. The van der Waals surface area contributed by atoms with Crippen molar-refractivity contribution in [2.24, 2.45) is 0 Å². The van der Waals surface area contributed by atoms with Gasteiger partial charge in [-0.3, -0.25) is 4.90 Å². The minimum Gasteiger partial charge on any atom is -0.369 e. The SMILES string of the molecule is c1ccc2c(c1)C[C@H]2CCCCN1CCN(c2cccc3c2CCOO3)CC1. The van der Waals surface area contributed by atoms with E-state index in [9.17, 15) is 0 Å². The van der Waals surface area contributed by atoms with Gasteiger partial charge in [0.15, 0.2) is 5.75 Å². The van der Waals surface area contributed by atoms with Crippen LogP contribution < -0.4 is 9.79 Å². The fourth-order valence-corrected chi connectivity index (χ4v) is 4.99. The van der Waals surface area contributed by atoms with E-state index < -0.39 is 0 Å². The van der Waals surface area contributed by atoms with Crippen molar-refractivity contribution in [2.45, 2.75) is 38.0 Å². The second-order valence-electron chi connectivity index (χ2n) is 8.33. The summed E-state index contributed by atoms with van der Waals surface area (Å²) in [6.07, 6.45) is 6.27. The lowest BCUT2D eigenvalue weighted by atomic mass is 9.75. The molecular formula is C24H30N2O2. The minimum atomic E-state index is 0.648. The Labute approximate surface area is 168 Å². The maximum absolute atomic E-state index is 5.36. The Morgan fingerprint density at radius 3 is 2.71 bits per heavy atom. The van der Waals surface area contributed by atoms with E-state index in [1.807, 2.05) is 6.07 Å². The summed E-state index contributed by atoms with van der Waals surface area (Å²) < 4.78 is 0. The number of hydrogen-bond donors (Lipinski definition) is 0. The highest BCUT2D eigenvalue weighted by Gasteiger charge is 2.25. The van der Waals surface area contributed by atoms with Crippen molar-refractivity contribution in [3.63, 3.8) is 0 Å². The van der Waals surface area contributed by atoms with Gasteiger partial charge in [-0.2, -0.15) is 4.89 Å². The van der Waals surface area contributed by atoms with Crippen molar-refractivity contribution >= 4 is 5.69 Å². The summed E-state index contributed by atoms with van der Waals surface area (Å²) in [5, 5.41) is 0. The van der Waals surface area contributed by atoms with Gasteiger partial charge in [-0.1, -0.05) is 36.8 Å². The molecule has 5 rings (SSSR count). The average molecular weight is 379 g/mol. The van der Waals surface area contributed by atoms with E-state index in [4.69, 9.17) is 9.78 Å². The maximum atomic E-state index is 5.36. The largest absolute Gasteiger partial charge is 0.369 e. The van der Waals surface area contributed by atoms with Crippen LogP contribution >= 0.6 is 0 Å². The van der Waals surface area contributed by atoms with Gasteiger partial charge in [0.1, 0.15) is 0 Å². The summed E-state index contributed by atoms with van der Waals surface area (Å²) in [5.74, 6) is 1.72. The first-order valence-electron chi connectivity index (χ1n) is 10.8. The van der Waals surface area contributed by atoms with Crippen molar-refractivity contribution in [1.29, 1.82) is 0 Å². The zero-order valence-electron chi connectivity index (χ0n) is 16.6. The number of piperazine rings is 1. The number of anilines is 1. The number of nitrogens with zero attached hydrogens (tertiary/aromatic N) is 2. The molecule has 1 fully saturated rings. The van der Waals surface area contributed by atoms with Crippen LogP contribution in [0.3, 0.4) is 0 Å². The van der Waals surface area contributed by atoms with Gasteiger partial charge in [-0.05, 0) is 55.0 Å². The summed E-state index contributed by atoms with van der Waals surface area (Å²) >= 11 is 0. The van der Waals surface area contributed by atoms with Crippen molar-refractivity contribution in [3.8, 4) is 5.75 Å². The van der Waals surface area contributed by atoms with E-state index in [0.29, 0.717) is 6.61 Å². The molecule has 0 amide bonds. The van der Waals surface area contributed by atoms with Crippen LogP contribution in [0, 0.1) is 0 Å². The Kier molecular flexibility index (Phi) is 5.24. The summed E-state index contributed by atoms with van der Waals surface area (Å²) in [6, 6.07) is 15.3. The van der Waals surface area contributed by atoms with Gasteiger partial charge in [0.05, 0.1) is 6.61 Å². The number of rotatable bonds is 6. The monoisotopic (exact) mass is 378 g/mol. The number of benzene rings is 2. The van der Waals surface area contributed by atoms with Crippen LogP contribution in [0.1, 0.15) is 41.9 Å². The molecular weight excluding hydrogens is 348 g/mol. The van der Waals surface area contributed by atoms with Crippen LogP contribution in [0.15, 0.2) is 42.5 Å². The van der Waals surface area contributed by atoms with E-state index in [0.717, 1.165) is 44.3 Å². The molecule has 0 saturated carbocycles. The van der Waals surface area contributed by atoms with Crippen LogP contribution in [-0.2, 0) is 17.7 Å². The Morgan fingerprint density at radius 2 is 1.82 bits per heavy atom. The molecule has 4 heteroatoms. The standard InChI is InChI=1S/C24H30N2O2/c1-2-8-21-19(6-1)18-20(21)7-3-4-12-25-13-15-26(16-14-25)23-9-5-10-24-22(23)11-17-27-28-24/h1-2,5-6,8-10,20H,3-4,7,11-18H2/t20-/m1/s1. The molecule has 1 saturated heterocycles. The van der Waals surface area contributed by atoms with E-state index in [1.165, 1.54) is 43.5 Å². The van der Waals surface area contributed by atoms with Crippen molar-refractivity contribution < 1.29 is 9.78 Å². The third-order valence-corrected chi connectivity index (χ3v) is 6.64. The molecule has 148 valence electrons. The third-order valence-electron chi connectivity index (χ3n) is 6.64. The molecule has 28 heavy (non-hydrogen) atoms. The summed E-state index contributed by atoms with van der Waals surface area (Å²) in [4.78, 5) is 15.7. The zero-order valence-corrected chi connectivity index (χ0v) is 16.6.